The van der Waals surface area contributed by atoms with Crippen molar-refractivity contribution < 1.29 is 8.78 Å². The van der Waals surface area contributed by atoms with Gasteiger partial charge in [-0.2, -0.15) is 11.8 Å². The summed E-state index contributed by atoms with van der Waals surface area (Å²) in [6, 6.07) is 0.338. The molecule has 1 aliphatic rings. The molecule has 1 N–H and O–H groups in total. The van der Waals surface area contributed by atoms with Gasteiger partial charge >= 0.3 is 0 Å². The number of alkyl halides is 2. The Balaban J connectivity index is 2.05. The molecule has 0 aliphatic carbocycles. The van der Waals surface area contributed by atoms with Gasteiger partial charge in [0.1, 0.15) is 0 Å². The van der Waals surface area contributed by atoms with Gasteiger partial charge in [0.05, 0.1) is 6.54 Å². The van der Waals surface area contributed by atoms with Crippen molar-refractivity contribution in [2.75, 3.05) is 18.1 Å². The van der Waals surface area contributed by atoms with Crippen molar-refractivity contribution in [1.29, 1.82) is 0 Å². The Labute approximate surface area is 69.9 Å². The van der Waals surface area contributed by atoms with Crippen LogP contribution in [0.5, 0.6) is 0 Å². The lowest BCUT2D eigenvalue weighted by molar-refractivity contribution is 0.140. The molecule has 66 valence electrons. The molecule has 0 saturated carbocycles. The van der Waals surface area contributed by atoms with Gasteiger partial charge in [0.15, 0.2) is 0 Å². The molecule has 0 radical (unpaired) electrons. The summed E-state index contributed by atoms with van der Waals surface area (Å²) in [5.74, 6) is 2.22. The molecular formula is C7H13F2NS. The predicted octanol–water partition coefficient (Wildman–Crippen LogP) is 1.74. The second kappa shape index (κ2) is 4.93. The standard InChI is InChI=1S/C7H13F2NS/c8-7(9)5-10-6-1-3-11-4-2-6/h6-7,10H,1-5H2. The summed E-state index contributed by atoms with van der Waals surface area (Å²) in [6.07, 6.45) is -0.126. The van der Waals surface area contributed by atoms with Gasteiger partial charge in [-0.25, -0.2) is 8.78 Å². The lowest BCUT2D eigenvalue weighted by atomic mass is 10.1. The van der Waals surface area contributed by atoms with E-state index in [9.17, 15) is 8.78 Å². The first kappa shape index (κ1) is 9.26. The normalized spacial score (nSPS) is 21.0. The van der Waals surface area contributed by atoms with E-state index in [1.165, 1.54) is 0 Å². The summed E-state index contributed by atoms with van der Waals surface area (Å²) in [4.78, 5) is 0. The van der Waals surface area contributed by atoms with Crippen molar-refractivity contribution in [3.8, 4) is 0 Å². The maximum Gasteiger partial charge on any atom is 0.250 e. The Kier molecular flexibility index (Phi) is 4.15. The number of rotatable bonds is 3. The van der Waals surface area contributed by atoms with Gasteiger partial charge in [-0.1, -0.05) is 0 Å². The van der Waals surface area contributed by atoms with E-state index in [1.807, 2.05) is 11.8 Å². The molecule has 1 fully saturated rings. The molecule has 1 heterocycles. The van der Waals surface area contributed by atoms with E-state index >= 15 is 0 Å². The largest absolute Gasteiger partial charge is 0.309 e. The average molecular weight is 181 g/mol. The molecule has 0 atom stereocenters. The Hall–Kier alpha value is 0.170. The van der Waals surface area contributed by atoms with Crippen molar-refractivity contribution in [2.45, 2.75) is 25.3 Å². The highest BCUT2D eigenvalue weighted by Gasteiger charge is 2.14. The van der Waals surface area contributed by atoms with Crippen molar-refractivity contribution in [3.05, 3.63) is 0 Å². The third kappa shape index (κ3) is 3.91. The molecule has 0 aromatic rings. The summed E-state index contributed by atoms with van der Waals surface area (Å²) in [6.45, 7) is -0.144. The first-order valence-corrected chi connectivity index (χ1v) is 5.04. The number of hydrogen-bond acceptors (Lipinski definition) is 2. The molecule has 0 aromatic carbocycles. The quantitative estimate of drug-likeness (QED) is 0.711. The van der Waals surface area contributed by atoms with E-state index in [-0.39, 0.29) is 6.54 Å². The molecule has 4 heteroatoms. The highest BCUT2D eigenvalue weighted by atomic mass is 32.2. The van der Waals surface area contributed by atoms with Crippen LogP contribution in [0.4, 0.5) is 8.78 Å². The average Bonchev–Trinajstić information content (AvgIpc) is 2.03. The van der Waals surface area contributed by atoms with Crippen LogP contribution in [0.15, 0.2) is 0 Å². The van der Waals surface area contributed by atoms with E-state index in [4.69, 9.17) is 0 Å². The first-order valence-electron chi connectivity index (χ1n) is 3.88. The third-order valence-corrected chi connectivity index (χ3v) is 2.83. The van der Waals surface area contributed by atoms with Crippen LogP contribution in [0.1, 0.15) is 12.8 Å². The zero-order valence-electron chi connectivity index (χ0n) is 6.35. The molecule has 0 spiro atoms. The smallest absolute Gasteiger partial charge is 0.250 e. The highest BCUT2D eigenvalue weighted by Crippen LogP contribution is 2.16. The second-order valence-corrected chi connectivity index (χ2v) is 3.91. The van der Waals surface area contributed by atoms with Gasteiger partial charge in [-0.15, -0.1) is 0 Å². The molecule has 1 saturated heterocycles. The molecule has 0 bridgehead atoms. The van der Waals surface area contributed by atoms with Crippen LogP contribution >= 0.6 is 11.8 Å². The maximum absolute atomic E-state index is 11.7. The molecule has 0 aromatic heterocycles. The van der Waals surface area contributed by atoms with Gasteiger partial charge in [0.2, 0.25) is 0 Å². The molecule has 1 rings (SSSR count). The van der Waals surface area contributed by atoms with Crippen LogP contribution in [0.2, 0.25) is 0 Å². The topological polar surface area (TPSA) is 12.0 Å². The Morgan fingerprint density at radius 3 is 2.55 bits per heavy atom. The summed E-state index contributed by atoms with van der Waals surface area (Å²) < 4.78 is 23.4. The van der Waals surface area contributed by atoms with Crippen LogP contribution in [-0.2, 0) is 0 Å². The summed E-state index contributed by atoms with van der Waals surface area (Å²) in [5.41, 5.74) is 0. The van der Waals surface area contributed by atoms with E-state index in [1.54, 1.807) is 0 Å². The Morgan fingerprint density at radius 2 is 2.00 bits per heavy atom. The number of hydrogen-bond donors (Lipinski definition) is 1. The highest BCUT2D eigenvalue weighted by molar-refractivity contribution is 7.99. The molecule has 1 aliphatic heterocycles. The fourth-order valence-corrected chi connectivity index (χ4v) is 2.26. The van der Waals surface area contributed by atoms with E-state index < -0.39 is 6.43 Å². The Bertz CT molecular complexity index is 105. The van der Waals surface area contributed by atoms with Crippen molar-refractivity contribution in [2.24, 2.45) is 0 Å². The molecule has 0 amide bonds. The number of thioether (sulfide) groups is 1. The number of nitrogens with one attached hydrogen (secondary N) is 1. The zero-order valence-corrected chi connectivity index (χ0v) is 7.17. The Morgan fingerprint density at radius 1 is 1.36 bits per heavy atom. The third-order valence-electron chi connectivity index (χ3n) is 1.78. The summed E-state index contributed by atoms with van der Waals surface area (Å²) in [5, 5.41) is 2.86. The fourth-order valence-electron chi connectivity index (χ4n) is 1.16. The summed E-state index contributed by atoms with van der Waals surface area (Å²) >= 11 is 1.91. The van der Waals surface area contributed by atoms with Crippen molar-refractivity contribution >= 4 is 11.8 Å². The minimum absolute atomic E-state index is 0.144. The molecule has 1 nitrogen and oxygen atoms in total. The van der Waals surface area contributed by atoms with Crippen molar-refractivity contribution in [1.82, 2.24) is 5.32 Å². The van der Waals surface area contributed by atoms with Gasteiger partial charge in [-0.05, 0) is 24.3 Å². The van der Waals surface area contributed by atoms with Crippen LogP contribution < -0.4 is 5.32 Å². The monoisotopic (exact) mass is 181 g/mol. The second-order valence-electron chi connectivity index (χ2n) is 2.69. The fraction of sp³-hybridized carbons (Fsp3) is 1.00. The molecule has 0 unspecified atom stereocenters. The van der Waals surface area contributed by atoms with E-state index in [0.717, 1.165) is 24.3 Å². The van der Waals surface area contributed by atoms with Crippen LogP contribution in [-0.4, -0.2) is 30.5 Å². The van der Waals surface area contributed by atoms with Gasteiger partial charge in [-0.3, -0.25) is 0 Å². The van der Waals surface area contributed by atoms with Gasteiger partial charge in [0, 0.05) is 6.04 Å². The van der Waals surface area contributed by atoms with Gasteiger partial charge in [0.25, 0.3) is 6.43 Å². The lowest BCUT2D eigenvalue weighted by Gasteiger charge is -2.22. The van der Waals surface area contributed by atoms with Crippen LogP contribution in [0, 0.1) is 0 Å². The SMILES string of the molecule is FC(F)CNC1CCSCC1. The van der Waals surface area contributed by atoms with E-state index in [2.05, 4.69) is 5.32 Å². The predicted molar refractivity (Wildman–Crippen MR) is 44.4 cm³/mol. The van der Waals surface area contributed by atoms with Crippen LogP contribution in [0.3, 0.4) is 0 Å². The van der Waals surface area contributed by atoms with Crippen molar-refractivity contribution in [3.63, 3.8) is 0 Å². The molecular weight excluding hydrogens is 168 g/mol. The lowest BCUT2D eigenvalue weighted by Crippen LogP contribution is -2.35. The maximum atomic E-state index is 11.7. The molecule has 11 heavy (non-hydrogen) atoms. The van der Waals surface area contributed by atoms with Gasteiger partial charge < -0.3 is 5.32 Å². The zero-order chi connectivity index (χ0) is 8.10. The minimum Gasteiger partial charge on any atom is -0.309 e. The number of halogens is 2. The minimum atomic E-state index is -2.20. The van der Waals surface area contributed by atoms with E-state index in [0.29, 0.717) is 6.04 Å². The summed E-state index contributed by atoms with van der Waals surface area (Å²) in [7, 11) is 0. The first-order chi connectivity index (χ1) is 5.29. The van der Waals surface area contributed by atoms with Crippen LogP contribution in [0.25, 0.3) is 0 Å².